The molecular weight excluding hydrogens is 270 g/mol. The number of amides is 1. The SMILES string of the molecule is CN1CC(F)(F)Cn2cc(Br)cc2C1=O. The van der Waals surface area contributed by atoms with E-state index in [-0.39, 0.29) is 5.91 Å². The van der Waals surface area contributed by atoms with Gasteiger partial charge in [0.1, 0.15) is 5.69 Å². The standard InChI is InChI=1S/C9H9BrF2N2O/c1-13-4-9(11,12)5-14-3-6(10)2-7(14)8(13)15/h2-3H,4-5H2,1H3. The van der Waals surface area contributed by atoms with Crippen LogP contribution >= 0.6 is 15.9 Å². The molecule has 3 nitrogen and oxygen atoms in total. The summed E-state index contributed by atoms with van der Waals surface area (Å²) >= 11 is 3.17. The molecule has 82 valence electrons. The molecule has 0 aromatic carbocycles. The van der Waals surface area contributed by atoms with E-state index in [0.29, 0.717) is 10.2 Å². The van der Waals surface area contributed by atoms with Gasteiger partial charge in [-0.05, 0) is 22.0 Å². The molecule has 1 aromatic rings. The van der Waals surface area contributed by atoms with Gasteiger partial charge in [-0.1, -0.05) is 0 Å². The normalized spacial score (nSPS) is 20.0. The van der Waals surface area contributed by atoms with Crippen molar-refractivity contribution in [3.05, 3.63) is 22.4 Å². The third kappa shape index (κ3) is 1.90. The topological polar surface area (TPSA) is 25.2 Å². The van der Waals surface area contributed by atoms with Gasteiger partial charge < -0.3 is 9.47 Å². The largest absolute Gasteiger partial charge is 0.336 e. The number of hydrogen-bond acceptors (Lipinski definition) is 1. The number of halogens is 3. The molecule has 0 atom stereocenters. The van der Waals surface area contributed by atoms with Gasteiger partial charge in [0, 0.05) is 17.7 Å². The summed E-state index contributed by atoms with van der Waals surface area (Å²) in [5, 5.41) is 0. The van der Waals surface area contributed by atoms with Crippen molar-refractivity contribution < 1.29 is 13.6 Å². The van der Waals surface area contributed by atoms with Crippen LogP contribution in [0.2, 0.25) is 0 Å². The van der Waals surface area contributed by atoms with Crippen LogP contribution in [-0.2, 0) is 6.54 Å². The average Bonchev–Trinajstić information content (AvgIpc) is 2.39. The molecule has 0 bridgehead atoms. The lowest BCUT2D eigenvalue weighted by molar-refractivity contribution is -0.0311. The minimum Gasteiger partial charge on any atom is -0.336 e. The van der Waals surface area contributed by atoms with Crippen LogP contribution in [0.1, 0.15) is 10.5 Å². The highest BCUT2D eigenvalue weighted by Gasteiger charge is 2.37. The first-order valence-corrected chi connectivity index (χ1v) is 5.17. The molecule has 6 heteroatoms. The maximum absolute atomic E-state index is 13.3. The number of carbonyl (C=O) groups is 1. The van der Waals surface area contributed by atoms with Crippen molar-refractivity contribution in [2.24, 2.45) is 0 Å². The second-order valence-corrected chi connectivity index (χ2v) is 4.60. The Morgan fingerprint density at radius 2 is 2.13 bits per heavy atom. The molecule has 1 aromatic heterocycles. The predicted octanol–water partition coefficient (Wildman–Crippen LogP) is 1.97. The van der Waals surface area contributed by atoms with Crippen molar-refractivity contribution in [1.29, 1.82) is 0 Å². The van der Waals surface area contributed by atoms with E-state index >= 15 is 0 Å². The summed E-state index contributed by atoms with van der Waals surface area (Å²) in [7, 11) is 1.38. The lowest BCUT2D eigenvalue weighted by Gasteiger charge is -2.19. The highest BCUT2D eigenvalue weighted by molar-refractivity contribution is 9.10. The van der Waals surface area contributed by atoms with Crippen LogP contribution < -0.4 is 0 Å². The Balaban J connectivity index is 2.49. The summed E-state index contributed by atoms with van der Waals surface area (Å²) in [4.78, 5) is 12.7. The quantitative estimate of drug-likeness (QED) is 0.712. The Labute approximate surface area is 93.8 Å². The smallest absolute Gasteiger partial charge is 0.282 e. The van der Waals surface area contributed by atoms with E-state index in [4.69, 9.17) is 0 Å². The monoisotopic (exact) mass is 278 g/mol. The summed E-state index contributed by atoms with van der Waals surface area (Å²) in [6.45, 7) is -0.991. The molecule has 0 unspecified atom stereocenters. The van der Waals surface area contributed by atoms with E-state index in [1.165, 1.54) is 17.8 Å². The average molecular weight is 279 g/mol. The second-order valence-electron chi connectivity index (χ2n) is 3.69. The zero-order valence-corrected chi connectivity index (χ0v) is 9.59. The van der Waals surface area contributed by atoms with Crippen molar-refractivity contribution in [1.82, 2.24) is 9.47 Å². The van der Waals surface area contributed by atoms with Crippen LogP contribution in [-0.4, -0.2) is 34.9 Å². The van der Waals surface area contributed by atoms with E-state index in [1.54, 1.807) is 6.07 Å². The lowest BCUT2D eigenvalue weighted by Crippen LogP contribution is -2.36. The zero-order valence-electron chi connectivity index (χ0n) is 8.01. The zero-order chi connectivity index (χ0) is 11.2. The summed E-state index contributed by atoms with van der Waals surface area (Å²) < 4.78 is 28.6. The maximum Gasteiger partial charge on any atom is 0.282 e. The molecule has 2 heterocycles. The van der Waals surface area contributed by atoms with Gasteiger partial charge in [0.2, 0.25) is 0 Å². The molecule has 0 radical (unpaired) electrons. The summed E-state index contributed by atoms with van der Waals surface area (Å²) in [5.41, 5.74) is 0.293. The highest BCUT2D eigenvalue weighted by Crippen LogP contribution is 2.26. The number of rotatable bonds is 0. The fraction of sp³-hybridized carbons (Fsp3) is 0.444. The summed E-state index contributed by atoms with van der Waals surface area (Å²) in [6, 6.07) is 1.56. The Hall–Kier alpha value is -0.910. The Kier molecular flexibility index (Phi) is 2.33. The molecular formula is C9H9BrF2N2O. The Bertz CT molecular complexity index is 416. The van der Waals surface area contributed by atoms with Crippen LogP contribution in [0.4, 0.5) is 8.78 Å². The third-order valence-corrected chi connectivity index (χ3v) is 2.73. The van der Waals surface area contributed by atoms with Crippen LogP contribution in [0, 0.1) is 0 Å². The van der Waals surface area contributed by atoms with Gasteiger partial charge in [0.05, 0.1) is 13.1 Å². The first-order chi connectivity index (χ1) is 6.89. The second kappa shape index (κ2) is 3.30. The van der Waals surface area contributed by atoms with Gasteiger partial charge in [-0.3, -0.25) is 4.79 Å². The number of aromatic nitrogens is 1. The highest BCUT2D eigenvalue weighted by atomic mass is 79.9. The number of carbonyl (C=O) groups excluding carboxylic acids is 1. The van der Waals surface area contributed by atoms with Crippen LogP contribution in [0.25, 0.3) is 0 Å². The predicted molar refractivity (Wildman–Crippen MR) is 54.0 cm³/mol. The van der Waals surface area contributed by atoms with Gasteiger partial charge in [-0.15, -0.1) is 0 Å². The number of alkyl halides is 2. The van der Waals surface area contributed by atoms with Gasteiger partial charge in [0.25, 0.3) is 11.8 Å². The Morgan fingerprint density at radius 1 is 1.47 bits per heavy atom. The first kappa shape index (κ1) is 10.6. The van der Waals surface area contributed by atoms with Gasteiger partial charge in [-0.25, -0.2) is 8.78 Å². The number of hydrogen-bond donors (Lipinski definition) is 0. The minimum atomic E-state index is -2.88. The fourth-order valence-corrected chi connectivity index (χ4v) is 2.16. The minimum absolute atomic E-state index is 0.293. The molecule has 15 heavy (non-hydrogen) atoms. The van der Waals surface area contributed by atoms with Crippen molar-refractivity contribution in [3.63, 3.8) is 0 Å². The number of nitrogens with zero attached hydrogens (tertiary/aromatic N) is 2. The molecule has 0 fully saturated rings. The first-order valence-electron chi connectivity index (χ1n) is 4.38. The molecule has 0 spiro atoms. The molecule has 1 aliphatic heterocycles. The van der Waals surface area contributed by atoms with Gasteiger partial charge >= 0.3 is 0 Å². The van der Waals surface area contributed by atoms with Crippen LogP contribution in [0.15, 0.2) is 16.7 Å². The molecule has 0 aliphatic carbocycles. The summed E-state index contributed by atoms with van der Waals surface area (Å²) in [5.74, 6) is -3.26. The molecule has 1 amide bonds. The van der Waals surface area contributed by atoms with Crippen LogP contribution in [0.5, 0.6) is 0 Å². The van der Waals surface area contributed by atoms with E-state index in [2.05, 4.69) is 15.9 Å². The molecule has 2 rings (SSSR count). The summed E-state index contributed by atoms with van der Waals surface area (Å²) in [6.07, 6.45) is 1.50. The van der Waals surface area contributed by atoms with Gasteiger partial charge in [-0.2, -0.15) is 0 Å². The fourth-order valence-electron chi connectivity index (χ4n) is 1.70. The van der Waals surface area contributed by atoms with Crippen molar-refractivity contribution in [3.8, 4) is 0 Å². The molecule has 0 saturated heterocycles. The third-order valence-electron chi connectivity index (χ3n) is 2.30. The van der Waals surface area contributed by atoms with E-state index in [0.717, 1.165) is 4.90 Å². The van der Waals surface area contributed by atoms with Crippen molar-refractivity contribution >= 4 is 21.8 Å². The maximum atomic E-state index is 13.3. The van der Waals surface area contributed by atoms with E-state index in [9.17, 15) is 13.6 Å². The van der Waals surface area contributed by atoms with Gasteiger partial charge in [0.15, 0.2) is 0 Å². The molecule has 1 aliphatic rings. The van der Waals surface area contributed by atoms with Crippen molar-refractivity contribution in [2.45, 2.75) is 12.5 Å². The molecule has 0 saturated carbocycles. The molecule has 0 N–H and O–H groups in total. The lowest BCUT2D eigenvalue weighted by atomic mass is 10.3. The number of fused-ring (bicyclic) bond motifs is 1. The van der Waals surface area contributed by atoms with Crippen LogP contribution in [0.3, 0.4) is 0 Å². The van der Waals surface area contributed by atoms with Crippen molar-refractivity contribution in [2.75, 3.05) is 13.6 Å². The van der Waals surface area contributed by atoms with E-state index < -0.39 is 19.0 Å². The van der Waals surface area contributed by atoms with E-state index in [1.807, 2.05) is 0 Å². The Morgan fingerprint density at radius 3 is 2.80 bits per heavy atom.